The van der Waals surface area contributed by atoms with E-state index >= 15 is 0 Å². The van der Waals surface area contributed by atoms with Gasteiger partial charge in [0.25, 0.3) is 0 Å². The van der Waals surface area contributed by atoms with Crippen molar-refractivity contribution in [3.8, 4) is 11.3 Å². The number of nitrogens with zero attached hydrogens (tertiary/aromatic N) is 3. The number of rotatable bonds is 3. The minimum Gasteiger partial charge on any atom is -0.312 e. The van der Waals surface area contributed by atoms with Crippen molar-refractivity contribution >= 4 is 17.9 Å². The van der Waals surface area contributed by atoms with Gasteiger partial charge in [0.15, 0.2) is 5.82 Å². The van der Waals surface area contributed by atoms with E-state index in [-0.39, 0.29) is 0 Å². The largest absolute Gasteiger partial charge is 0.312 e. The number of amides is 1. The fraction of sp³-hybridized carbons (Fsp3) is 0. The smallest absolute Gasteiger partial charge is 0.212 e. The van der Waals surface area contributed by atoms with E-state index in [2.05, 4.69) is 20.5 Å². The van der Waals surface area contributed by atoms with E-state index in [1.807, 2.05) is 28.8 Å². The monoisotopic (exact) mass is 227 g/mol. The number of carbonyl (C=O) groups excluding carboxylic acids is 1. The van der Waals surface area contributed by atoms with Crippen LogP contribution in [0.1, 0.15) is 0 Å². The van der Waals surface area contributed by atoms with E-state index < -0.39 is 0 Å². The molecular weight excluding hydrogens is 218 g/mol. The number of aromatic nitrogens is 4. The van der Waals surface area contributed by atoms with Gasteiger partial charge in [0.05, 0.1) is 11.9 Å². The number of fused-ring (bicyclic) bond motifs is 1. The Labute approximate surface area is 96.3 Å². The van der Waals surface area contributed by atoms with Gasteiger partial charge in [0.2, 0.25) is 6.41 Å². The van der Waals surface area contributed by atoms with E-state index in [0.29, 0.717) is 12.2 Å². The van der Waals surface area contributed by atoms with Crippen LogP contribution in [0.4, 0.5) is 5.82 Å². The van der Waals surface area contributed by atoms with Gasteiger partial charge in [-0.05, 0) is 18.2 Å². The Hall–Kier alpha value is -2.63. The van der Waals surface area contributed by atoms with E-state index in [1.54, 1.807) is 12.4 Å². The van der Waals surface area contributed by atoms with Crippen molar-refractivity contribution in [2.45, 2.75) is 0 Å². The van der Waals surface area contributed by atoms with Crippen molar-refractivity contribution in [3.63, 3.8) is 0 Å². The molecule has 0 radical (unpaired) electrons. The second-order valence-electron chi connectivity index (χ2n) is 3.54. The van der Waals surface area contributed by atoms with Crippen LogP contribution in [-0.4, -0.2) is 26.0 Å². The summed E-state index contributed by atoms with van der Waals surface area (Å²) in [5, 5.41) is 9.32. The topological polar surface area (TPSA) is 75.1 Å². The van der Waals surface area contributed by atoms with Crippen LogP contribution < -0.4 is 5.32 Å². The predicted octanol–water partition coefficient (Wildman–Crippen LogP) is 1.29. The molecule has 6 nitrogen and oxygen atoms in total. The molecule has 0 unspecified atom stereocenters. The first-order valence-electron chi connectivity index (χ1n) is 5.05. The number of hydrogen-bond acceptors (Lipinski definition) is 3. The highest BCUT2D eigenvalue weighted by Crippen LogP contribution is 2.18. The van der Waals surface area contributed by atoms with Gasteiger partial charge in [-0.3, -0.25) is 9.89 Å². The summed E-state index contributed by atoms with van der Waals surface area (Å²) in [6, 6.07) is 5.72. The Morgan fingerprint density at radius 2 is 2.24 bits per heavy atom. The zero-order valence-corrected chi connectivity index (χ0v) is 8.79. The first-order chi connectivity index (χ1) is 8.36. The molecule has 0 aliphatic rings. The zero-order valence-electron chi connectivity index (χ0n) is 8.79. The van der Waals surface area contributed by atoms with Gasteiger partial charge in [0, 0.05) is 18.0 Å². The average molecular weight is 227 g/mol. The minimum absolute atomic E-state index is 0.529. The lowest BCUT2D eigenvalue weighted by Gasteiger charge is -1.98. The van der Waals surface area contributed by atoms with Gasteiger partial charge in [-0.1, -0.05) is 0 Å². The Morgan fingerprint density at radius 3 is 3.00 bits per heavy atom. The van der Waals surface area contributed by atoms with E-state index in [0.717, 1.165) is 16.9 Å². The first-order valence-corrected chi connectivity index (χ1v) is 5.05. The highest BCUT2D eigenvalue weighted by atomic mass is 16.1. The average Bonchev–Trinajstić information content (AvgIpc) is 2.96. The van der Waals surface area contributed by atoms with Crippen molar-refractivity contribution in [1.82, 2.24) is 19.6 Å². The summed E-state index contributed by atoms with van der Waals surface area (Å²) < 4.78 is 1.85. The van der Waals surface area contributed by atoms with Crippen LogP contribution >= 0.6 is 0 Å². The number of anilines is 1. The Morgan fingerprint density at radius 1 is 1.29 bits per heavy atom. The summed E-state index contributed by atoms with van der Waals surface area (Å²) in [5.41, 5.74) is 2.72. The molecule has 0 saturated heterocycles. The second kappa shape index (κ2) is 3.75. The molecule has 0 saturated carbocycles. The Bertz CT molecular complexity index is 656. The molecule has 3 aromatic rings. The first kappa shape index (κ1) is 9.59. The van der Waals surface area contributed by atoms with Crippen LogP contribution in [0.3, 0.4) is 0 Å². The standard InChI is InChI=1S/C11H9N5O/c17-7-12-10-6-16-5-8(1-2-11(16)14-10)9-3-4-13-15-9/h1-7H,(H,12,17)(H,13,15). The van der Waals surface area contributed by atoms with Crippen LogP contribution in [-0.2, 0) is 4.79 Å². The molecule has 0 bridgehead atoms. The van der Waals surface area contributed by atoms with Crippen molar-refractivity contribution in [1.29, 1.82) is 0 Å². The summed E-state index contributed by atoms with van der Waals surface area (Å²) >= 11 is 0. The quantitative estimate of drug-likeness (QED) is 0.662. The van der Waals surface area contributed by atoms with E-state index in [4.69, 9.17) is 0 Å². The summed E-state index contributed by atoms with van der Waals surface area (Å²) in [7, 11) is 0. The molecule has 0 fully saturated rings. The maximum atomic E-state index is 10.3. The van der Waals surface area contributed by atoms with Crippen LogP contribution in [0.5, 0.6) is 0 Å². The number of carbonyl (C=O) groups is 1. The molecular formula is C11H9N5O. The van der Waals surface area contributed by atoms with Gasteiger partial charge in [-0.2, -0.15) is 5.10 Å². The van der Waals surface area contributed by atoms with Gasteiger partial charge in [-0.15, -0.1) is 0 Å². The Kier molecular flexibility index (Phi) is 2.11. The summed E-state index contributed by atoms with van der Waals surface area (Å²) in [6.07, 6.45) is 5.99. The van der Waals surface area contributed by atoms with Gasteiger partial charge < -0.3 is 9.72 Å². The van der Waals surface area contributed by atoms with Crippen molar-refractivity contribution in [2.24, 2.45) is 0 Å². The SMILES string of the molecule is O=CNc1cn2cc(-c3ccn[nH]3)ccc2n1. The van der Waals surface area contributed by atoms with Gasteiger partial charge in [0.1, 0.15) is 5.65 Å². The van der Waals surface area contributed by atoms with Crippen LogP contribution in [0, 0.1) is 0 Å². The van der Waals surface area contributed by atoms with Crippen LogP contribution in [0.15, 0.2) is 36.8 Å². The maximum absolute atomic E-state index is 10.3. The van der Waals surface area contributed by atoms with Gasteiger partial charge in [-0.25, -0.2) is 4.98 Å². The lowest BCUT2D eigenvalue weighted by atomic mass is 10.2. The highest BCUT2D eigenvalue weighted by Gasteiger charge is 2.03. The number of pyridine rings is 1. The summed E-state index contributed by atoms with van der Waals surface area (Å²) in [6.45, 7) is 0. The molecule has 0 aliphatic heterocycles. The summed E-state index contributed by atoms with van der Waals surface area (Å²) in [4.78, 5) is 14.6. The van der Waals surface area contributed by atoms with Crippen molar-refractivity contribution < 1.29 is 4.79 Å². The lowest BCUT2D eigenvalue weighted by Crippen LogP contribution is -1.92. The van der Waals surface area contributed by atoms with Crippen molar-refractivity contribution in [2.75, 3.05) is 5.32 Å². The maximum Gasteiger partial charge on any atom is 0.212 e. The number of nitrogens with one attached hydrogen (secondary N) is 2. The fourth-order valence-corrected chi connectivity index (χ4v) is 1.70. The molecule has 3 aromatic heterocycles. The normalized spacial score (nSPS) is 10.6. The minimum atomic E-state index is 0.529. The molecule has 2 N–H and O–H groups in total. The molecule has 0 spiro atoms. The molecule has 1 amide bonds. The third-order valence-electron chi connectivity index (χ3n) is 2.47. The molecule has 0 atom stereocenters. The van der Waals surface area contributed by atoms with Crippen LogP contribution in [0.2, 0.25) is 0 Å². The number of hydrogen-bond donors (Lipinski definition) is 2. The predicted molar refractivity (Wildman–Crippen MR) is 62.5 cm³/mol. The number of imidazole rings is 1. The number of aromatic amines is 1. The summed E-state index contributed by atoms with van der Waals surface area (Å²) in [5.74, 6) is 0.529. The second-order valence-corrected chi connectivity index (χ2v) is 3.54. The van der Waals surface area contributed by atoms with E-state index in [9.17, 15) is 4.79 Å². The zero-order chi connectivity index (χ0) is 11.7. The highest BCUT2D eigenvalue weighted by molar-refractivity contribution is 5.70. The fourth-order valence-electron chi connectivity index (χ4n) is 1.70. The number of H-pyrrole nitrogens is 1. The van der Waals surface area contributed by atoms with Crippen molar-refractivity contribution in [3.05, 3.63) is 36.8 Å². The van der Waals surface area contributed by atoms with E-state index in [1.165, 1.54) is 0 Å². The molecule has 3 heterocycles. The van der Waals surface area contributed by atoms with Crippen LogP contribution in [0.25, 0.3) is 16.9 Å². The molecule has 3 rings (SSSR count). The molecule has 84 valence electrons. The third kappa shape index (κ3) is 1.65. The molecule has 0 aromatic carbocycles. The third-order valence-corrected chi connectivity index (χ3v) is 2.47. The molecule has 17 heavy (non-hydrogen) atoms. The molecule has 6 heteroatoms. The lowest BCUT2D eigenvalue weighted by molar-refractivity contribution is -0.105. The van der Waals surface area contributed by atoms with Gasteiger partial charge >= 0.3 is 0 Å². The Balaban J connectivity index is 2.09. The molecule has 0 aliphatic carbocycles.